The van der Waals surface area contributed by atoms with E-state index >= 15 is 0 Å². The van der Waals surface area contributed by atoms with Gasteiger partial charge in [-0.05, 0) is 30.5 Å². The maximum Gasteiger partial charge on any atom is 0.309 e. The summed E-state index contributed by atoms with van der Waals surface area (Å²) in [7, 11) is 1.42. The molecule has 2 rings (SSSR count). The van der Waals surface area contributed by atoms with Gasteiger partial charge in [-0.25, -0.2) is 0 Å². The molecule has 1 fully saturated rings. The predicted octanol–water partition coefficient (Wildman–Crippen LogP) is 1.70. The highest BCUT2D eigenvalue weighted by atomic mass is 16.5. The summed E-state index contributed by atoms with van der Waals surface area (Å²) in [5.74, 6) is -1.05. The van der Waals surface area contributed by atoms with Crippen LogP contribution in [0, 0.1) is 5.92 Å². The van der Waals surface area contributed by atoms with E-state index in [9.17, 15) is 9.59 Å². The number of nitrogens with zero attached hydrogens (tertiary/aromatic N) is 1. The second-order valence-corrected chi connectivity index (χ2v) is 5.44. The van der Waals surface area contributed by atoms with Gasteiger partial charge in [-0.2, -0.15) is 0 Å². The molecule has 0 bridgehead atoms. The molecule has 5 heteroatoms. The van der Waals surface area contributed by atoms with Crippen LogP contribution in [0.2, 0.25) is 0 Å². The van der Waals surface area contributed by atoms with Crippen LogP contribution in [0.5, 0.6) is 0 Å². The average Bonchev–Trinajstić information content (AvgIpc) is 2.48. The molecule has 1 N–H and O–H groups in total. The molecule has 0 aliphatic carbocycles. The summed E-state index contributed by atoms with van der Waals surface area (Å²) < 4.78 is 4.82. The fourth-order valence-electron chi connectivity index (χ4n) is 2.85. The van der Waals surface area contributed by atoms with E-state index in [2.05, 4.69) is 4.90 Å². The molecule has 21 heavy (non-hydrogen) atoms. The number of esters is 1. The number of benzene rings is 1. The molecule has 0 spiro atoms. The smallest absolute Gasteiger partial charge is 0.309 e. The lowest BCUT2D eigenvalue weighted by molar-refractivity contribution is -0.147. The minimum absolute atomic E-state index is 0.0322. The molecule has 1 aromatic rings. The number of methoxy groups -OCH3 is 1. The summed E-state index contributed by atoms with van der Waals surface area (Å²) in [4.78, 5) is 24.8. The van der Waals surface area contributed by atoms with Gasteiger partial charge in [0, 0.05) is 13.1 Å². The van der Waals surface area contributed by atoms with Crippen molar-refractivity contribution < 1.29 is 19.4 Å². The minimum atomic E-state index is -0.825. The minimum Gasteiger partial charge on any atom is -0.481 e. The van der Waals surface area contributed by atoms with Gasteiger partial charge in [0.25, 0.3) is 0 Å². The van der Waals surface area contributed by atoms with Gasteiger partial charge in [-0.1, -0.05) is 24.3 Å². The monoisotopic (exact) mass is 291 g/mol. The SMILES string of the molecule is COC(=O)C1CCCN(Cc2ccccc2CC(=O)O)C1. The van der Waals surface area contributed by atoms with Crippen LogP contribution in [0.1, 0.15) is 24.0 Å². The first-order valence-electron chi connectivity index (χ1n) is 7.19. The van der Waals surface area contributed by atoms with Crippen molar-refractivity contribution in [3.63, 3.8) is 0 Å². The number of hydrogen-bond acceptors (Lipinski definition) is 4. The van der Waals surface area contributed by atoms with Gasteiger partial charge in [0.2, 0.25) is 0 Å². The number of hydrogen-bond donors (Lipinski definition) is 1. The van der Waals surface area contributed by atoms with Gasteiger partial charge in [-0.3, -0.25) is 14.5 Å². The molecular formula is C16H21NO4. The highest BCUT2D eigenvalue weighted by molar-refractivity contribution is 5.72. The number of piperidine rings is 1. The Kier molecular flexibility index (Phi) is 5.33. The highest BCUT2D eigenvalue weighted by Gasteiger charge is 2.26. The second-order valence-electron chi connectivity index (χ2n) is 5.44. The standard InChI is InChI=1S/C16H21NO4/c1-21-16(20)14-7-4-8-17(11-14)10-13-6-3-2-5-12(13)9-15(18)19/h2-3,5-6,14H,4,7-11H2,1H3,(H,18,19). The first kappa shape index (κ1) is 15.5. The van der Waals surface area contributed by atoms with E-state index in [4.69, 9.17) is 9.84 Å². The lowest BCUT2D eigenvalue weighted by Crippen LogP contribution is -2.38. The first-order chi connectivity index (χ1) is 10.1. The van der Waals surface area contributed by atoms with Crippen molar-refractivity contribution in [2.75, 3.05) is 20.2 Å². The zero-order valence-electron chi connectivity index (χ0n) is 12.2. The summed E-state index contributed by atoms with van der Waals surface area (Å²) >= 11 is 0. The van der Waals surface area contributed by atoms with Crippen molar-refractivity contribution in [2.45, 2.75) is 25.8 Å². The van der Waals surface area contributed by atoms with Crippen molar-refractivity contribution in [2.24, 2.45) is 5.92 Å². The second kappa shape index (κ2) is 7.22. The van der Waals surface area contributed by atoms with Gasteiger partial charge in [0.05, 0.1) is 19.4 Å². The van der Waals surface area contributed by atoms with E-state index in [0.717, 1.165) is 30.5 Å². The summed E-state index contributed by atoms with van der Waals surface area (Å²) in [5.41, 5.74) is 1.86. The van der Waals surface area contributed by atoms with E-state index in [0.29, 0.717) is 13.1 Å². The zero-order chi connectivity index (χ0) is 15.2. The van der Waals surface area contributed by atoms with Gasteiger partial charge in [-0.15, -0.1) is 0 Å². The van der Waals surface area contributed by atoms with Crippen molar-refractivity contribution in [3.05, 3.63) is 35.4 Å². The van der Waals surface area contributed by atoms with Crippen LogP contribution in [0.4, 0.5) is 0 Å². The van der Waals surface area contributed by atoms with Gasteiger partial charge in [0.1, 0.15) is 0 Å². The molecule has 114 valence electrons. The Morgan fingerprint density at radius 3 is 2.71 bits per heavy atom. The molecular weight excluding hydrogens is 270 g/mol. The number of carboxylic acid groups (broad SMARTS) is 1. The number of rotatable bonds is 5. The third kappa shape index (κ3) is 4.29. The molecule has 1 aliphatic heterocycles. The summed E-state index contributed by atoms with van der Waals surface area (Å²) in [6.07, 6.45) is 1.85. The average molecular weight is 291 g/mol. The van der Waals surface area contributed by atoms with E-state index in [1.807, 2.05) is 24.3 Å². The maximum absolute atomic E-state index is 11.7. The number of likely N-dealkylation sites (tertiary alicyclic amines) is 1. The number of ether oxygens (including phenoxy) is 1. The molecule has 0 amide bonds. The van der Waals surface area contributed by atoms with Crippen LogP contribution < -0.4 is 0 Å². The van der Waals surface area contributed by atoms with Crippen LogP contribution >= 0.6 is 0 Å². The van der Waals surface area contributed by atoms with E-state index in [-0.39, 0.29) is 18.3 Å². The van der Waals surface area contributed by atoms with Crippen molar-refractivity contribution in [3.8, 4) is 0 Å². The lowest BCUT2D eigenvalue weighted by Gasteiger charge is -2.31. The molecule has 1 aliphatic rings. The van der Waals surface area contributed by atoms with Gasteiger partial charge < -0.3 is 9.84 Å². The number of carboxylic acids is 1. The summed E-state index contributed by atoms with van der Waals surface area (Å²) in [6.45, 7) is 2.28. The number of carbonyl (C=O) groups excluding carboxylic acids is 1. The topological polar surface area (TPSA) is 66.8 Å². The van der Waals surface area contributed by atoms with Crippen LogP contribution in [0.15, 0.2) is 24.3 Å². The Morgan fingerprint density at radius 2 is 2.05 bits per heavy atom. The van der Waals surface area contributed by atoms with Crippen molar-refractivity contribution in [1.29, 1.82) is 0 Å². The first-order valence-corrected chi connectivity index (χ1v) is 7.19. The molecule has 1 heterocycles. The van der Waals surface area contributed by atoms with Crippen LogP contribution in [-0.4, -0.2) is 42.1 Å². The highest BCUT2D eigenvalue weighted by Crippen LogP contribution is 2.21. The normalized spacial score (nSPS) is 19.2. The fourth-order valence-corrected chi connectivity index (χ4v) is 2.85. The maximum atomic E-state index is 11.7. The quantitative estimate of drug-likeness (QED) is 0.836. The Hall–Kier alpha value is -1.88. The molecule has 0 radical (unpaired) electrons. The fraction of sp³-hybridized carbons (Fsp3) is 0.500. The Bertz CT molecular complexity index is 515. The third-order valence-electron chi connectivity index (χ3n) is 3.89. The van der Waals surface area contributed by atoms with Gasteiger partial charge >= 0.3 is 11.9 Å². The Labute approximate surface area is 124 Å². The summed E-state index contributed by atoms with van der Waals surface area (Å²) in [6, 6.07) is 7.59. The number of carbonyl (C=O) groups is 2. The van der Waals surface area contributed by atoms with E-state index < -0.39 is 5.97 Å². The lowest BCUT2D eigenvalue weighted by atomic mass is 9.96. The molecule has 0 aromatic heterocycles. The zero-order valence-corrected chi connectivity index (χ0v) is 12.2. The molecule has 1 unspecified atom stereocenters. The molecule has 1 aromatic carbocycles. The molecule has 5 nitrogen and oxygen atoms in total. The summed E-state index contributed by atoms with van der Waals surface area (Å²) in [5, 5.41) is 8.97. The molecule has 1 atom stereocenters. The van der Waals surface area contributed by atoms with Crippen molar-refractivity contribution >= 4 is 11.9 Å². The van der Waals surface area contributed by atoms with Crippen LogP contribution in [0.25, 0.3) is 0 Å². The Balaban J connectivity index is 2.04. The molecule has 0 saturated carbocycles. The predicted molar refractivity (Wildman–Crippen MR) is 77.8 cm³/mol. The van der Waals surface area contributed by atoms with Gasteiger partial charge in [0.15, 0.2) is 0 Å². The largest absolute Gasteiger partial charge is 0.481 e. The number of aliphatic carboxylic acids is 1. The van der Waals surface area contributed by atoms with Crippen LogP contribution in [-0.2, 0) is 27.3 Å². The Morgan fingerprint density at radius 1 is 1.33 bits per heavy atom. The van der Waals surface area contributed by atoms with Crippen molar-refractivity contribution in [1.82, 2.24) is 4.90 Å². The third-order valence-corrected chi connectivity index (χ3v) is 3.89. The van der Waals surface area contributed by atoms with Crippen LogP contribution in [0.3, 0.4) is 0 Å². The van der Waals surface area contributed by atoms with E-state index in [1.54, 1.807) is 0 Å². The molecule has 1 saturated heterocycles. The van der Waals surface area contributed by atoms with E-state index in [1.165, 1.54) is 7.11 Å².